The van der Waals surface area contributed by atoms with Crippen molar-refractivity contribution in [1.82, 2.24) is 14.8 Å². The van der Waals surface area contributed by atoms with Gasteiger partial charge in [-0.1, -0.05) is 12.1 Å². The van der Waals surface area contributed by atoms with Gasteiger partial charge in [0.1, 0.15) is 6.61 Å². The Morgan fingerprint density at radius 1 is 1.21 bits per heavy atom. The number of benzene rings is 1. The molecule has 0 amide bonds. The molecular weight excluding hydrogens is 334 g/mol. The lowest BCUT2D eigenvalue weighted by Crippen LogP contribution is -2.06. The maximum absolute atomic E-state index is 9.19. The van der Waals surface area contributed by atoms with Crippen LogP contribution in [0.2, 0.25) is 5.22 Å². The molecule has 3 rings (SSSR count). The molecule has 0 spiro atoms. The lowest BCUT2D eigenvalue weighted by molar-refractivity contribution is 0.263. The molecule has 0 aliphatic carbocycles. The number of aliphatic hydroxyl groups excluding tert-OH is 1. The third kappa shape index (κ3) is 3.52. The van der Waals surface area contributed by atoms with Gasteiger partial charge in [0.15, 0.2) is 34.1 Å². The summed E-state index contributed by atoms with van der Waals surface area (Å²) >= 11 is 5.81. The number of hydrogen-bond donors (Lipinski definition) is 1. The van der Waals surface area contributed by atoms with Crippen LogP contribution >= 0.6 is 11.6 Å². The zero-order chi connectivity index (χ0) is 16.9. The first-order valence-electron chi connectivity index (χ1n) is 7.27. The van der Waals surface area contributed by atoms with E-state index in [0.29, 0.717) is 28.9 Å². The lowest BCUT2D eigenvalue weighted by atomic mass is 10.3. The van der Waals surface area contributed by atoms with E-state index in [9.17, 15) is 5.11 Å². The van der Waals surface area contributed by atoms with Crippen molar-refractivity contribution < 1.29 is 19.0 Å². The number of ether oxygens (including phenoxy) is 2. The van der Waals surface area contributed by atoms with Gasteiger partial charge in [-0.2, -0.15) is 5.10 Å². The first-order chi connectivity index (χ1) is 11.7. The standard InChI is InChI=1S/C16H16ClN3O4/c1-22-11-4-2-3-5-12(11)23-10-15-18-16(20(19-15)8-9-21)13-6-7-14(17)24-13/h2-7,21H,8-10H2,1H3. The Morgan fingerprint density at radius 2 is 2.00 bits per heavy atom. The smallest absolute Gasteiger partial charge is 0.194 e. The van der Waals surface area contributed by atoms with Crippen molar-refractivity contribution in [2.75, 3.05) is 13.7 Å². The predicted molar refractivity (Wildman–Crippen MR) is 87.1 cm³/mol. The van der Waals surface area contributed by atoms with Crippen LogP contribution in [-0.2, 0) is 13.2 Å². The molecule has 2 heterocycles. The summed E-state index contributed by atoms with van der Waals surface area (Å²) in [5.74, 6) is 2.64. The maximum atomic E-state index is 9.19. The summed E-state index contributed by atoms with van der Waals surface area (Å²) in [5.41, 5.74) is 0. The molecule has 1 N–H and O–H groups in total. The van der Waals surface area contributed by atoms with Gasteiger partial charge in [0.05, 0.1) is 20.3 Å². The van der Waals surface area contributed by atoms with Crippen LogP contribution < -0.4 is 9.47 Å². The normalized spacial score (nSPS) is 10.8. The van der Waals surface area contributed by atoms with Crippen molar-refractivity contribution >= 4 is 11.6 Å². The average Bonchev–Trinajstić information content (AvgIpc) is 3.19. The Hall–Kier alpha value is -2.51. The number of methoxy groups -OCH3 is 1. The highest BCUT2D eigenvalue weighted by molar-refractivity contribution is 6.28. The van der Waals surface area contributed by atoms with Crippen LogP contribution in [0.15, 0.2) is 40.8 Å². The van der Waals surface area contributed by atoms with Gasteiger partial charge in [-0.25, -0.2) is 9.67 Å². The molecule has 3 aromatic rings. The number of nitrogens with zero attached hydrogens (tertiary/aromatic N) is 3. The molecule has 126 valence electrons. The quantitative estimate of drug-likeness (QED) is 0.706. The summed E-state index contributed by atoms with van der Waals surface area (Å²) in [6.45, 7) is 0.368. The molecule has 0 fully saturated rings. The fourth-order valence-corrected chi connectivity index (χ4v) is 2.34. The van der Waals surface area contributed by atoms with Crippen LogP contribution in [0.5, 0.6) is 11.5 Å². The second-order valence-electron chi connectivity index (χ2n) is 4.84. The number of aromatic nitrogens is 3. The van der Waals surface area contributed by atoms with Gasteiger partial charge in [-0.3, -0.25) is 0 Å². The third-order valence-corrected chi connectivity index (χ3v) is 3.45. The molecule has 8 heteroatoms. The second kappa shape index (κ2) is 7.37. The molecule has 0 aliphatic rings. The van der Waals surface area contributed by atoms with Crippen molar-refractivity contribution in [2.24, 2.45) is 0 Å². The molecular formula is C16H16ClN3O4. The van der Waals surface area contributed by atoms with E-state index in [1.165, 1.54) is 0 Å². The topological polar surface area (TPSA) is 82.5 Å². The van der Waals surface area contributed by atoms with E-state index >= 15 is 0 Å². The highest BCUT2D eigenvalue weighted by Gasteiger charge is 2.16. The Labute approximate surface area is 143 Å². The molecule has 0 aliphatic heterocycles. The number of aliphatic hydroxyl groups is 1. The molecule has 1 aromatic carbocycles. The fraction of sp³-hybridized carbons (Fsp3) is 0.250. The highest BCUT2D eigenvalue weighted by Crippen LogP contribution is 2.27. The van der Waals surface area contributed by atoms with E-state index < -0.39 is 0 Å². The Morgan fingerprint density at radius 3 is 2.67 bits per heavy atom. The van der Waals surface area contributed by atoms with Gasteiger partial charge in [0.25, 0.3) is 0 Å². The van der Waals surface area contributed by atoms with Crippen LogP contribution in [0.4, 0.5) is 0 Å². The van der Waals surface area contributed by atoms with Crippen molar-refractivity contribution in [1.29, 1.82) is 0 Å². The van der Waals surface area contributed by atoms with Gasteiger partial charge in [0.2, 0.25) is 0 Å². The molecule has 0 saturated heterocycles. The van der Waals surface area contributed by atoms with Gasteiger partial charge >= 0.3 is 0 Å². The van der Waals surface area contributed by atoms with E-state index in [1.54, 1.807) is 30.0 Å². The van der Waals surface area contributed by atoms with E-state index in [2.05, 4.69) is 10.1 Å². The monoisotopic (exact) mass is 349 g/mol. The number of rotatable bonds is 7. The SMILES string of the molecule is COc1ccccc1OCc1nc(-c2ccc(Cl)o2)n(CCO)n1. The van der Waals surface area contributed by atoms with Gasteiger partial charge in [-0.05, 0) is 35.9 Å². The van der Waals surface area contributed by atoms with Crippen LogP contribution in [0.25, 0.3) is 11.6 Å². The summed E-state index contributed by atoms with van der Waals surface area (Å²) in [7, 11) is 1.58. The Bertz CT molecular complexity index is 815. The van der Waals surface area contributed by atoms with Gasteiger partial charge < -0.3 is 19.0 Å². The first-order valence-corrected chi connectivity index (χ1v) is 7.65. The summed E-state index contributed by atoms with van der Waals surface area (Å²) in [4.78, 5) is 4.41. The first kappa shape index (κ1) is 16.4. The van der Waals surface area contributed by atoms with E-state index in [1.807, 2.05) is 18.2 Å². The van der Waals surface area contributed by atoms with E-state index in [4.69, 9.17) is 25.5 Å². The van der Waals surface area contributed by atoms with Crippen molar-refractivity contribution in [3.05, 3.63) is 47.4 Å². The fourth-order valence-electron chi connectivity index (χ4n) is 2.20. The Balaban J connectivity index is 1.81. The number of furan rings is 1. The summed E-state index contributed by atoms with van der Waals surface area (Å²) < 4.78 is 17.9. The number of halogens is 1. The van der Waals surface area contributed by atoms with Crippen molar-refractivity contribution in [3.8, 4) is 23.1 Å². The summed E-state index contributed by atoms with van der Waals surface area (Å²) in [6.07, 6.45) is 0. The van der Waals surface area contributed by atoms with Crippen LogP contribution in [0, 0.1) is 0 Å². The number of para-hydroxylation sites is 2. The molecule has 2 aromatic heterocycles. The lowest BCUT2D eigenvalue weighted by Gasteiger charge is -2.08. The zero-order valence-electron chi connectivity index (χ0n) is 13.0. The molecule has 0 atom stereocenters. The summed E-state index contributed by atoms with van der Waals surface area (Å²) in [5, 5.41) is 13.8. The van der Waals surface area contributed by atoms with Crippen LogP contribution in [0.1, 0.15) is 5.82 Å². The minimum atomic E-state index is -0.0718. The van der Waals surface area contributed by atoms with Crippen LogP contribution in [-0.4, -0.2) is 33.6 Å². The van der Waals surface area contributed by atoms with E-state index in [0.717, 1.165) is 0 Å². The number of hydrogen-bond acceptors (Lipinski definition) is 6. The summed E-state index contributed by atoms with van der Waals surface area (Å²) in [6, 6.07) is 10.6. The molecule has 0 unspecified atom stereocenters. The molecule has 7 nitrogen and oxygen atoms in total. The average molecular weight is 350 g/mol. The molecule has 0 saturated carbocycles. The minimum Gasteiger partial charge on any atom is -0.493 e. The second-order valence-corrected chi connectivity index (χ2v) is 5.21. The Kier molecular flexibility index (Phi) is 5.02. The van der Waals surface area contributed by atoms with Crippen molar-refractivity contribution in [2.45, 2.75) is 13.2 Å². The highest BCUT2D eigenvalue weighted by atomic mass is 35.5. The molecule has 0 bridgehead atoms. The van der Waals surface area contributed by atoms with Crippen LogP contribution in [0.3, 0.4) is 0 Å². The minimum absolute atomic E-state index is 0.0718. The largest absolute Gasteiger partial charge is 0.493 e. The van der Waals surface area contributed by atoms with Gasteiger partial charge in [-0.15, -0.1) is 0 Å². The zero-order valence-corrected chi connectivity index (χ0v) is 13.7. The molecule has 24 heavy (non-hydrogen) atoms. The third-order valence-electron chi connectivity index (χ3n) is 3.25. The molecule has 0 radical (unpaired) electrons. The maximum Gasteiger partial charge on any atom is 0.194 e. The predicted octanol–water partition coefficient (Wildman–Crippen LogP) is 2.77. The van der Waals surface area contributed by atoms with Crippen molar-refractivity contribution in [3.63, 3.8) is 0 Å². The van der Waals surface area contributed by atoms with Gasteiger partial charge in [0, 0.05) is 0 Å². The van der Waals surface area contributed by atoms with E-state index in [-0.39, 0.29) is 25.0 Å².